The van der Waals surface area contributed by atoms with Crippen LogP contribution in [-0.2, 0) is 31.9 Å². The van der Waals surface area contributed by atoms with Gasteiger partial charge in [-0.05, 0) is 61.3 Å². The first-order chi connectivity index (χ1) is 18.6. The Morgan fingerprint density at radius 3 is 2.12 bits per heavy atom. The molecule has 1 aliphatic heterocycles. The second kappa shape index (κ2) is 11.3. The molecule has 4 rings (SSSR count). The second-order valence-corrected chi connectivity index (χ2v) is 12.8. The maximum absolute atomic E-state index is 14.7. The van der Waals surface area contributed by atoms with Gasteiger partial charge in [-0.25, -0.2) is 4.39 Å². The van der Waals surface area contributed by atoms with E-state index in [0.29, 0.717) is 41.4 Å². The molecule has 0 N–H and O–H groups in total. The molecule has 1 aliphatic carbocycles. The number of halogens is 8. The summed E-state index contributed by atoms with van der Waals surface area (Å²) in [5.74, 6) is 0.338. The molecule has 1 saturated carbocycles. The first-order valence-electron chi connectivity index (χ1n) is 12.9. The minimum absolute atomic E-state index is 0.0474. The van der Waals surface area contributed by atoms with E-state index in [1.165, 1.54) is 0 Å². The number of carbonyl (C=O) groups is 1. The van der Waals surface area contributed by atoms with Gasteiger partial charge in [-0.2, -0.15) is 26.3 Å². The van der Waals surface area contributed by atoms with Crippen LogP contribution in [0.2, 0.25) is 0 Å². The van der Waals surface area contributed by atoms with Gasteiger partial charge < -0.3 is 4.90 Å². The van der Waals surface area contributed by atoms with Crippen LogP contribution in [0, 0.1) is 11.8 Å². The third-order valence-corrected chi connectivity index (χ3v) is 10.4. The summed E-state index contributed by atoms with van der Waals surface area (Å²) in [4.78, 5) is 15.3. The molecule has 2 aromatic carbocycles. The Morgan fingerprint density at radius 2 is 1.57 bits per heavy atom. The van der Waals surface area contributed by atoms with E-state index < -0.39 is 39.1 Å². The first-order valence-corrected chi connectivity index (χ1v) is 14.6. The fraction of sp³-hybridized carbons (Fsp3) is 0.536. The van der Waals surface area contributed by atoms with Crippen molar-refractivity contribution >= 4 is 28.3 Å². The number of benzene rings is 2. The van der Waals surface area contributed by atoms with Crippen molar-refractivity contribution in [1.29, 1.82) is 0 Å². The van der Waals surface area contributed by atoms with Crippen LogP contribution in [-0.4, -0.2) is 40.5 Å². The van der Waals surface area contributed by atoms with Crippen molar-refractivity contribution in [3.8, 4) is 0 Å². The summed E-state index contributed by atoms with van der Waals surface area (Å²) in [6, 6.07) is 9.38. The average molecular weight is 612 g/mol. The van der Waals surface area contributed by atoms with Gasteiger partial charge in [-0.1, -0.05) is 43.3 Å². The highest BCUT2D eigenvalue weighted by atomic mass is 35.5. The van der Waals surface area contributed by atoms with Gasteiger partial charge in [0.25, 0.3) is 0 Å². The van der Waals surface area contributed by atoms with E-state index in [4.69, 9.17) is 11.6 Å². The zero-order valence-corrected chi connectivity index (χ0v) is 23.2. The van der Waals surface area contributed by atoms with Crippen LogP contribution in [0.4, 0.5) is 30.7 Å². The third kappa shape index (κ3) is 5.52. The van der Waals surface area contributed by atoms with Gasteiger partial charge in [-0.15, -0.1) is 11.6 Å². The minimum Gasteiger partial charge on any atom is -0.341 e. The summed E-state index contributed by atoms with van der Waals surface area (Å²) in [5.41, 5.74) is -6.37. The lowest BCUT2D eigenvalue weighted by Gasteiger charge is -2.33. The lowest BCUT2D eigenvalue weighted by Crippen LogP contribution is -2.50. The minimum atomic E-state index is -6.25. The van der Waals surface area contributed by atoms with Crippen LogP contribution in [0.25, 0.3) is 0 Å². The van der Waals surface area contributed by atoms with E-state index in [1.807, 2.05) is 0 Å². The summed E-state index contributed by atoms with van der Waals surface area (Å²) in [6.45, 7) is 2.28. The Kier molecular flexibility index (Phi) is 8.68. The van der Waals surface area contributed by atoms with E-state index in [-0.39, 0.29) is 42.8 Å². The number of hydrogen-bond acceptors (Lipinski definition) is 2. The van der Waals surface area contributed by atoms with Gasteiger partial charge in [0, 0.05) is 35.3 Å². The molecule has 2 fully saturated rings. The van der Waals surface area contributed by atoms with Crippen LogP contribution in [0.15, 0.2) is 53.4 Å². The molecule has 2 aliphatic rings. The number of hydrogen-bond donors (Lipinski definition) is 0. The van der Waals surface area contributed by atoms with Crippen molar-refractivity contribution in [3.05, 3.63) is 65.2 Å². The quantitative estimate of drug-likeness (QED) is 0.247. The Hall–Kier alpha value is -2.14. The van der Waals surface area contributed by atoms with Crippen LogP contribution in [0.5, 0.6) is 0 Å². The Balaban J connectivity index is 1.74. The van der Waals surface area contributed by atoms with E-state index in [9.17, 15) is 39.7 Å². The van der Waals surface area contributed by atoms with Gasteiger partial charge >= 0.3 is 18.0 Å². The summed E-state index contributed by atoms with van der Waals surface area (Å²) in [5, 5.41) is 0. The zero-order chi connectivity index (χ0) is 29.5. The van der Waals surface area contributed by atoms with Gasteiger partial charge in [0.1, 0.15) is 0 Å². The maximum Gasteiger partial charge on any atom is 0.435 e. The zero-order valence-electron chi connectivity index (χ0n) is 21.6. The molecule has 3 nitrogen and oxygen atoms in total. The Labute approximate surface area is 235 Å². The van der Waals surface area contributed by atoms with Gasteiger partial charge in [0.05, 0.1) is 15.5 Å². The van der Waals surface area contributed by atoms with E-state index in [1.54, 1.807) is 29.2 Å². The van der Waals surface area contributed by atoms with Crippen molar-refractivity contribution in [2.45, 2.75) is 72.6 Å². The molecule has 12 heteroatoms. The molecule has 220 valence electrons. The third-order valence-electron chi connectivity index (χ3n) is 8.12. The van der Waals surface area contributed by atoms with Crippen LogP contribution in [0.3, 0.4) is 0 Å². The van der Waals surface area contributed by atoms with Crippen molar-refractivity contribution in [2.75, 3.05) is 13.1 Å². The molecule has 1 saturated heterocycles. The topological polar surface area (TPSA) is 37.4 Å². The molecule has 40 heavy (non-hydrogen) atoms. The molecule has 0 bridgehead atoms. The highest BCUT2D eigenvalue weighted by molar-refractivity contribution is 7.86. The Morgan fingerprint density at radius 1 is 0.975 bits per heavy atom. The van der Waals surface area contributed by atoms with E-state index in [0.717, 1.165) is 25.0 Å². The van der Waals surface area contributed by atoms with E-state index >= 15 is 0 Å². The van der Waals surface area contributed by atoms with Gasteiger partial charge in [-0.3, -0.25) is 9.00 Å². The fourth-order valence-electron chi connectivity index (χ4n) is 5.69. The highest BCUT2D eigenvalue weighted by Gasteiger charge is 2.73. The largest absolute Gasteiger partial charge is 0.435 e. The molecular weight excluding hydrogens is 583 g/mol. The maximum atomic E-state index is 14.7. The van der Waals surface area contributed by atoms with Crippen molar-refractivity contribution in [1.82, 2.24) is 4.90 Å². The van der Waals surface area contributed by atoms with Gasteiger partial charge in [0.2, 0.25) is 5.91 Å². The Bertz CT molecular complexity index is 1230. The summed E-state index contributed by atoms with van der Waals surface area (Å²) in [6.07, 6.45) is -9.11. The summed E-state index contributed by atoms with van der Waals surface area (Å²) in [7, 11) is -1.88. The van der Waals surface area contributed by atoms with Crippen molar-refractivity contribution in [3.63, 3.8) is 0 Å². The number of carbonyl (C=O) groups excluding carboxylic acids is 1. The van der Waals surface area contributed by atoms with Crippen LogP contribution < -0.4 is 0 Å². The summed E-state index contributed by atoms with van der Waals surface area (Å²) < 4.78 is 107. The molecular formula is C28H29ClF7NO2S. The second-order valence-electron chi connectivity index (χ2n) is 10.7. The monoisotopic (exact) mass is 611 g/mol. The average Bonchev–Trinajstić information content (AvgIpc) is 3.37. The molecule has 2 unspecified atom stereocenters. The molecule has 0 spiro atoms. The SMILES string of the molecule is CC1CCC(C(=O)N2CCC(c3ccc(C(F)(C(F)(F)F)C(F)(F)F)cc3)(S(=O)c3cccc(CCl)c3)C2)CC1. The molecule has 0 radical (unpaired) electrons. The smallest absolute Gasteiger partial charge is 0.341 e. The summed E-state index contributed by atoms with van der Waals surface area (Å²) >= 11 is 5.94. The van der Waals surface area contributed by atoms with Crippen molar-refractivity contribution in [2.24, 2.45) is 11.8 Å². The number of nitrogens with zero attached hydrogens (tertiary/aromatic N) is 1. The van der Waals surface area contributed by atoms with Crippen LogP contribution in [0.1, 0.15) is 55.7 Å². The fourth-order valence-corrected chi connectivity index (χ4v) is 7.67. The number of rotatable bonds is 6. The lowest BCUT2D eigenvalue weighted by molar-refractivity contribution is -0.348. The molecule has 1 amide bonds. The molecule has 2 atom stereocenters. The number of amides is 1. The molecule has 1 heterocycles. The first kappa shape index (κ1) is 30.8. The molecule has 0 aromatic heterocycles. The van der Waals surface area contributed by atoms with Gasteiger partial charge in [0.15, 0.2) is 0 Å². The van der Waals surface area contributed by atoms with E-state index in [2.05, 4.69) is 6.92 Å². The highest BCUT2D eigenvalue weighted by Crippen LogP contribution is 2.53. The lowest BCUT2D eigenvalue weighted by atomic mass is 9.82. The standard InChI is InChI=1S/C28H29ClF7NO2S/c1-18-5-7-20(8-6-18)24(38)37-14-13-25(17-37,40(39)23-4-2-3-19(15-23)16-29)21-9-11-22(12-10-21)26(30,27(31,32)33)28(34,35)36/h2-4,9-12,15,18,20H,5-8,13-14,16-17H2,1H3. The molecule has 2 aromatic rings. The number of alkyl halides is 8. The normalized spacial score (nSPS) is 25.2. The van der Waals surface area contributed by atoms with Crippen LogP contribution >= 0.6 is 11.6 Å². The predicted octanol–water partition coefficient (Wildman–Crippen LogP) is 7.78. The predicted molar refractivity (Wildman–Crippen MR) is 138 cm³/mol. The van der Waals surface area contributed by atoms with Crippen molar-refractivity contribution < 1.29 is 39.7 Å². The number of likely N-dealkylation sites (tertiary alicyclic amines) is 1.